The molecule has 0 bridgehead atoms. The molecule has 8 heteroatoms. The molecule has 1 aliphatic rings. The lowest BCUT2D eigenvalue weighted by Crippen LogP contribution is -2.60. The number of nitrogens with zero attached hydrogens (tertiary/aromatic N) is 1. The van der Waals surface area contributed by atoms with Crippen LogP contribution < -0.4 is 10.6 Å². The molecule has 31 heavy (non-hydrogen) atoms. The van der Waals surface area contributed by atoms with Crippen LogP contribution in [-0.4, -0.2) is 36.2 Å². The molecule has 0 saturated carbocycles. The van der Waals surface area contributed by atoms with Crippen LogP contribution in [0.25, 0.3) is 0 Å². The zero-order valence-electron chi connectivity index (χ0n) is 18.5. The molecule has 2 aromatic rings. The number of carbonyl (C=O) groups is 2. The second-order valence-electron chi connectivity index (χ2n) is 7.60. The van der Waals surface area contributed by atoms with Gasteiger partial charge in [-0.1, -0.05) is 30.3 Å². The van der Waals surface area contributed by atoms with Crippen LogP contribution in [-0.2, 0) is 24.6 Å². The number of aryl methyl sites for hydroxylation is 1. The number of rotatable bonds is 7. The summed E-state index contributed by atoms with van der Waals surface area (Å²) in [5, 5.41) is 9.32. The highest BCUT2D eigenvalue weighted by Crippen LogP contribution is 2.42. The maximum Gasteiger partial charge on any atom is 0.337 e. The summed E-state index contributed by atoms with van der Waals surface area (Å²) < 4.78 is 10.8. The molecule has 166 valence electrons. The van der Waals surface area contributed by atoms with Gasteiger partial charge in [0.1, 0.15) is 5.92 Å². The van der Waals surface area contributed by atoms with Crippen molar-refractivity contribution in [2.24, 2.45) is 5.92 Å². The number of aromatic nitrogens is 1. The van der Waals surface area contributed by atoms with Crippen molar-refractivity contribution in [3.8, 4) is 0 Å². The summed E-state index contributed by atoms with van der Waals surface area (Å²) in [5.74, 6) is -1.62. The number of benzene rings is 1. The normalized spacial score (nSPS) is 23.1. The van der Waals surface area contributed by atoms with Crippen molar-refractivity contribution in [2.75, 3.05) is 18.5 Å². The maximum atomic E-state index is 13.3. The molecular weight excluding hydrogens is 414 g/mol. The van der Waals surface area contributed by atoms with Gasteiger partial charge in [-0.3, -0.25) is 4.79 Å². The van der Waals surface area contributed by atoms with E-state index in [2.05, 4.69) is 15.6 Å². The first-order chi connectivity index (χ1) is 14.8. The minimum absolute atomic E-state index is 0.235. The van der Waals surface area contributed by atoms with Crippen LogP contribution in [0.1, 0.15) is 39.0 Å². The lowest BCUT2D eigenvalue weighted by atomic mass is 9.70. The smallest absolute Gasteiger partial charge is 0.337 e. The van der Waals surface area contributed by atoms with Crippen molar-refractivity contribution in [3.05, 3.63) is 58.2 Å². The SMILES string of the molecule is CCOC(=O)C1=C(C)NC(C)(c2ccccc2)C(C(=O)OCC)C1Nc1nc(C)cs1. The molecule has 1 aromatic carbocycles. The molecule has 0 saturated heterocycles. The Bertz CT molecular complexity index is 972. The summed E-state index contributed by atoms with van der Waals surface area (Å²) in [6, 6.07) is 9.03. The highest BCUT2D eigenvalue weighted by Gasteiger charge is 2.53. The van der Waals surface area contributed by atoms with E-state index in [4.69, 9.17) is 9.47 Å². The van der Waals surface area contributed by atoms with Gasteiger partial charge in [0.2, 0.25) is 0 Å². The van der Waals surface area contributed by atoms with E-state index < -0.39 is 29.4 Å². The van der Waals surface area contributed by atoms with E-state index in [0.29, 0.717) is 16.4 Å². The van der Waals surface area contributed by atoms with Gasteiger partial charge in [0.25, 0.3) is 0 Å². The van der Waals surface area contributed by atoms with E-state index >= 15 is 0 Å². The predicted molar refractivity (Wildman–Crippen MR) is 121 cm³/mol. The van der Waals surface area contributed by atoms with Crippen molar-refractivity contribution >= 4 is 28.4 Å². The molecule has 0 aliphatic carbocycles. The molecule has 0 fully saturated rings. The molecule has 3 atom stereocenters. The molecule has 7 nitrogen and oxygen atoms in total. The summed E-state index contributed by atoms with van der Waals surface area (Å²) in [6.45, 7) is 9.68. The summed E-state index contributed by atoms with van der Waals surface area (Å²) in [7, 11) is 0. The van der Waals surface area contributed by atoms with E-state index in [1.54, 1.807) is 13.8 Å². The van der Waals surface area contributed by atoms with Gasteiger partial charge < -0.3 is 20.1 Å². The number of allylic oxidation sites excluding steroid dienone is 1. The minimum Gasteiger partial charge on any atom is -0.466 e. The van der Waals surface area contributed by atoms with E-state index in [-0.39, 0.29) is 13.2 Å². The van der Waals surface area contributed by atoms with E-state index in [9.17, 15) is 9.59 Å². The number of ether oxygens (including phenoxy) is 2. The van der Waals surface area contributed by atoms with Gasteiger partial charge in [-0.05, 0) is 40.2 Å². The van der Waals surface area contributed by atoms with Gasteiger partial charge in [0.15, 0.2) is 5.13 Å². The molecule has 3 unspecified atom stereocenters. The molecule has 1 aromatic heterocycles. The Morgan fingerprint density at radius 2 is 1.84 bits per heavy atom. The Balaban J connectivity index is 2.19. The quantitative estimate of drug-likeness (QED) is 0.630. The van der Waals surface area contributed by atoms with Crippen LogP contribution in [0.15, 0.2) is 47.0 Å². The monoisotopic (exact) mass is 443 g/mol. The minimum atomic E-state index is -0.822. The first-order valence-corrected chi connectivity index (χ1v) is 11.3. The van der Waals surface area contributed by atoms with Gasteiger partial charge >= 0.3 is 11.9 Å². The summed E-state index contributed by atoms with van der Waals surface area (Å²) >= 11 is 1.43. The zero-order valence-corrected chi connectivity index (χ0v) is 19.3. The van der Waals surface area contributed by atoms with Crippen LogP contribution in [0.2, 0.25) is 0 Å². The van der Waals surface area contributed by atoms with Crippen molar-refractivity contribution in [1.29, 1.82) is 0 Å². The zero-order chi connectivity index (χ0) is 22.6. The molecule has 2 N–H and O–H groups in total. The van der Waals surface area contributed by atoms with E-state index in [1.807, 2.05) is 56.5 Å². The summed E-state index contributed by atoms with van der Waals surface area (Å²) in [4.78, 5) is 30.8. The number of thiazole rings is 1. The third-order valence-electron chi connectivity index (χ3n) is 5.42. The van der Waals surface area contributed by atoms with Crippen LogP contribution in [0, 0.1) is 12.8 Å². The van der Waals surface area contributed by atoms with Gasteiger partial charge in [-0.15, -0.1) is 11.3 Å². The standard InChI is InChI=1S/C23H29N3O4S/c1-6-29-20(27)17-15(4)26-23(5,16-11-9-8-10-12-16)18(21(28)30-7-2)19(17)25-22-24-14(3)13-31-22/h8-13,18-19,26H,6-7H2,1-5H3,(H,24,25). The van der Waals surface area contributed by atoms with Crippen LogP contribution in [0.3, 0.4) is 0 Å². The number of hydrogen-bond donors (Lipinski definition) is 2. The molecule has 1 aliphatic heterocycles. The summed E-state index contributed by atoms with van der Waals surface area (Å²) in [6.07, 6.45) is 0. The van der Waals surface area contributed by atoms with Gasteiger partial charge in [0.05, 0.1) is 36.1 Å². The lowest BCUT2D eigenvalue weighted by Gasteiger charge is -2.47. The van der Waals surface area contributed by atoms with Crippen LogP contribution >= 0.6 is 11.3 Å². The Kier molecular flexibility index (Phi) is 7.00. The second-order valence-corrected chi connectivity index (χ2v) is 8.46. The predicted octanol–water partition coefficient (Wildman–Crippen LogP) is 3.77. The fourth-order valence-corrected chi connectivity index (χ4v) is 4.83. The fourth-order valence-electron chi connectivity index (χ4n) is 4.11. The highest BCUT2D eigenvalue weighted by molar-refractivity contribution is 7.13. The molecule has 0 amide bonds. The number of esters is 2. The highest BCUT2D eigenvalue weighted by atomic mass is 32.1. The topological polar surface area (TPSA) is 89.5 Å². The number of hydrogen-bond acceptors (Lipinski definition) is 8. The number of nitrogens with one attached hydrogen (secondary N) is 2. The Labute approximate surface area is 186 Å². The van der Waals surface area contributed by atoms with Crippen molar-refractivity contribution in [3.63, 3.8) is 0 Å². The maximum absolute atomic E-state index is 13.3. The van der Waals surface area contributed by atoms with Gasteiger partial charge in [-0.25, -0.2) is 9.78 Å². The van der Waals surface area contributed by atoms with E-state index in [0.717, 1.165) is 11.3 Å². The van der Waals surface area contributed by atoms with Crippen molar-refractivity contribution in [1.82, 2.24) is 10.3 Å². The van der Waals surface area contributed by atoms with Crippen LogP contribution in [0.5, 0.6) is 0 Å². The third-order valence-corrected chi connectivity index (χ3v) is 6.32. The molecule has 2 heterocycles. The third kappa shape index (κ3) is 4.58. The average molecular weight is 444 g/mol. The summed E-state index contributed by atoms with van der Waals surface area (Å²) in [5.41, 5.74) is 1.98. The van der Waals surface area contributed by atoms with Crippen molar-refractivity contribution < 1.29 is 19.1 Å². The number of anilines is 1. The number of carbonyl (C=O) groups excluding carboxylic acids is 2. The first-order valence-electron chi connectivity index (χ1n) is 10.4. The first kappa shape index (κ1) is 22.8. The van der Waals surface area contributed by atoms with Gasteiger partial charge in [-0.2, -0.15) is 0 Å². The molecule has 0 spiro atoms. The Morgan fingerprint density at radius 1 is 1.16 bits per heavy atom. The fraction of sp³-hybridized carbons (Fsp3) is 0.435. The van der Waals surface area contributed by atoms with Gasteiger partial charge in [0, 0.05) is 11.1 Å². The van der Waals surface area contributed by atoms with Crippen molar-refractivity contribution in [2.45, 2.75) is 46.2 Å². The Hall–Kier alpha value is -2.87. The largest absolute Gasteiger partial charge is 0.466 e. The lowest BCUT2D eigenvalue weighted by molar-refractivity contribution is -0.152. The Morgan fingerprint density at radius 3 is 2.42 bits per heavy atom. The average Bonchev–Trinajstić information content (AvgIpc) is 3.13. The van der Waals surface area contributed by atoms with E-state index in [1.165, 1.54) is 11.3 Å². The molecule has 3 rings (SSSR count). The second kappa shape index (κ2) is 9.51. The molecule has 0 radical (unpaired) electrons. The molecular formula is C23H29N3O4S. The van der Waals surface area contributed by atoms with Crippen LogP contribution in [0.4, 0.5) is 5.13 Å².